The third kappa shape index (κ3) is 8.51. The molecule has 1 N–H and O–H groups in total. The van der Waals surface area contributed by atoms with Crippen LogP contribution in [0.2, 0.25) is 0 Å². The summed E-state index contributed by atoms with van der Waals surface area (Å²) < 4.78 is 3.31. The second-order valence-electron chi connectivity index (χ2n) is 6.13. The average Bonchev–Trinajstić information content (AvgIpc) is 2.58. The maximum absolute atomic E-state index is 8.61. The van der Waals surface area contributed by atoms with Gasteiger partial charge in [-0.3, -0.25) is 0 Å². The number of nitrogens with one attached hydrogen (secondary N) is 1. The van der Waals surface area contributed by atoms with Crippen LogP contribution in [0.1, 0.15) is 0 Å². The van der Waals surface area contributed by atoms with Crippen LogP contribution < -0.4 is 10.2 Å². The van der Waals surface area contributed by atoms with Crippen LogP contribution in [-0.2, 0) is 0 Å². The first-order valence-corrected chi connectivity index (χ1v) is 10.8. The molecule has 0 aliphatic carbocycles. The van der Waals surface area contributed by atoms with Crippen molar-refractivity contribution in [3.63, 3.8) is 0 Å². The molecule has 2 heterocycles. The summed E-state index contributed by atoms with van der Waals surface area (Å²) in [6, 6.07) is 20.5. The number of benzene rings is 2. The van der Waals surface area contributed by atoms with E-state index < -0.39 is 0 Å². The van der Waals surface area contributed by atoms with Gasteiger partial charge in [-0.2, -0.15) is 10.5 Å². The summed E-state index contributed by atoms with van der Waals surface area (Å²) in [7, 11) is 0. The fraction of sp³-hybridized carbons (Fsp3) is 0.300. The second kappa shape index (κ2) is 13.2. The van der Waals surface area contributed by atoms with E-state index in [0.29, 0.717) is 5.92 Å². The van der Waals surface area contributed by atoms with E-state index in [1.807, 2.05) is 36.4 Å². The molecular weight excluding hydrogens is 571 g/mol. The van der Waals surface area contributed by atoms with Crippen molar-refractivity contribution in [3.8, 4) is 12.1 Å². The molecule has 0 bridgehead atoms. The molecule has 0 aromatic heterocycles. The number of anilines is 1. The maximum atomic E-state index is 8.61. The van der Waals surface area contributed by atoms with Gasteiger partial charge in [-0.05, 0) is 48.5 Å². The summed E-state index contributed by atoms with van der Waals surface area (Å²) in [5.74, 6) is 0.536. The van der Waals surface area contributed by atoms with E-state index in [9.17, 15) is 0 Å². The van der Waals surface area contributed by atoms with Crippen LogP contribution in [0.25, 0.3) is 0 Å². The minimum atomic E-state index is 0. The SMILES string of the molecule is Brc1ccc(Br)cc1.Cl.N#CC1CN(c2ccc(Br)cc2)C1.N#CC1CNC1. The van der Waals surface area contributed by atoms with Gasteiger partial charge in [0.2, 0.25) is 0 Å². The van der Waals surface area contributed by atoms with Crippen LogP contribution in [0.15, 0.2) is 61.9 Å². The fourth-order valence-corrected chi connectivity index (χ4v) is 3.03. The van der Waals surface area contributed by atoms with Gasteiger partial charge in [-0.15, -0.1) is 12.4 Å². The summed E-state index contributed by atoms with van der Waals surface area (Å²) in [5.41, 5.74) is 1.20. The zero-order chi connectivity index (χ0) is 19.6. The lowest BCUT2D eigenvalue weighted by molar-refractivity contribution is 0.428. The highest BCUT2D eigenvalue weighted by molar-refractivity contribution is 9.11. The van der Waals surface area contributed by atoms with Crippen molar-refractivity contribution in [2.45, 2.75) is 0 Å². The third-order valence-corrected chi connectivity index (χ3v) is 5.61. The van der Waals surface area contributed by atoms with Crippen molar-refractivity contribution < 1.29 is 0 Å². The van der Waals surface area contributed by atoms with Crippen molar-refractivity contribution in [2.24, 2.45) is 11.8 Å². The number of hydrogen-bond donors (Lipinski definition) is 1. The Labute approximate surface area is 197 Å². The van der Waals surface area contributed by atoms with E-state index >= 15 is 0 Å². The number of rotatable bonds is 1. The Kier molecular flexibility index (Phi) is 11.8. The summed E-state index contributed by atoms with van der Waals surface area (Å²) in [5, 5.41) is 19.7. The summed E-state index contributed by atoms with van der Waals surface area (Å²) in [6.45, 7) is 3.54. The Morgan fingerprint density at radius 3 is 1.43 bits per heavy atom. The lowest BCUT2D eigenvalue weighted by Gasteiger charge is -2.37. The highest BCUT2D eigenvalue weighted by atomic mass is 79.9. The van der Waals surface area contributed by atoms with Crippen LogP contribution in [0, 0.1) is 34.5 Å². The zero-order valence-corrected chi connectivity index (χ0v) is 20.6. The standard InChI is InChI=1S/C10H9BrN2.C6H4Br2.C4H6N2.ClH/c11-9-1-3-10(4-2-9)13-6-8(5-12)7-13;7-5-1-2-6(8)4-3-5;5-1-4-2-6-3-4;/h1-4,8H,6-7H2;1-4H;4,6H,2-3H2;1H. The lowest BCUT2D eigenvalue weighted by atomic mass is 10.0. The van der Waals surface area contributed by atoms with Crippen molar-refractivity contribution >= 4 is 65.9 Å². The van der Waals surface area contributed by atoms with Crippen LogP contribution in [0.4, 0.5) is 5.69 Å². The van der Waals surface area contributed by atoms with Gasteiger partial charge < -0.3 is 10.2 Å². The monoisotopic (exact) mass is 588 g/mol. The Bertz CT molecular complexity index is 769. The first-order valence-electron chi connectivity index (χ1n) is 8.43. The lowest BCUT2D eigenvalue weighted by Crippen LogP contribution is -2.45. The minimum Gasteiger partial charge on any atom is -0.369 e. The van der Waals surface area contributed by atoms with Crippen molar-refractivity contribution in [1.29, 1.82) is 10.5 Å². The van der Waals surface area contributed by atoms with Gasteiger partial charge in [0.25, 0.3) is 0 Å². The van der Waals surface area contributed by atoms with Crippen molar-refractivity contribution in [2.75, 3.05) is 31.1 Å². The Hall–Kier alpha value is -1.09. The molecule has 0 radical (unpaired) electrons. The second-order valence-corrected chi connectivity index (χ2v) is 8.88. The largest absolute Gasteiger partial charge is 0.369 e. The first-order chi connectivity index (χ1) is 13.0. The Balaban J connectivity index is 0.000000225. The quantitative estimate of drug-likeness (QED) is 0.458. The van der Waals surface area contributed by atoms with Crippen LogP contribution in [-0.4, -0.2) is 26.2 Å². The normalized spacial score (nSPS) is 15.0. The number of hydrogen-bond acceptors (Lipinski definition) is 4. The molecule has 0 amide bonds. The van der Waals surface area contributed by atoms with Crippen molar-refractivity contribution in [1.82, 2.24) is 5.32 Å². The molecule has 2 aromatic rings. The van der Waals surface area contributed by atoms with Gasteiger partial charge in [0.1, 0.15) is 0 Å². The molecule has 28 heavy (non-hydrogen) atoms. The highest BCUT2D eigenvalue weighted by Crippen LogP contribution is 2.25. The third-order valence-electron chi connectivity index (χ3n) is 4.02. The minimum absolute atomic E-state index is 0. The van der Waals surface area contributed by atoms with E-state index in [1.54, 1.807) is 0 Å². The molecule has 0 spiro atoms. The van der Waals surface area contributed by atoms with Crippen LogP contribution in [0.5, 0.6) is 0 Å². The summed E-state index contributed by atoms with van der Waals surface area (Å²) in [6.07, 6.45) is 0. The molecule has 2 aliphatic heterocycles. The van der Waals surface area contributed by atoms with E-state index in [4.69, 9.17) is 10.5 Å². The molecule has 4 nitrogen and oxygen atoms in total. The molecule has 2 saturated heterocycles. The topological polar surface area (TPSA) is 62.9 Å². The zero-order valence-electron chi connectivity index (χ0n) is 15.0. The van der Waals surface area contributed by atoms with Crippen LogP contribution >= 0.6 is 60.2 Å². The van der Waals surface area contributed by atoms with E-state index in [2.05, 4.69) is 82.3 Å². The molecule has 4 rings (SSSR count). The Morgan fingerprint density at radius 2 is 1.14 bits per heavy atom. The number of nitriles is 2. The van der Waals surface area contributed by atoms with Gasteiger partial charge in [0.15, 0.2) is 0 Å². The molecule has 148 valence electrons. The molecule has 8 heteroatoms. The summed E-state index contributed by atoms with van der Waals surface area (Å²) >= 11 is 10.0. The molecule has 0 atom stereocenters. The molecule has 2 aromatic carbocycles. The number of nitrogens with zero attached hydrogens (tertiary/aromatic N) is 3. The highest BCUT2D eigenvalue weighted by Gasteiger charge is 2.26. The molecule has 0 saturated carbocycles. The molecular formula is C20H20Br3ClN4. The maximum Gasteiger partial charge on any atom is 0.0813 e. The van der Waals surface area contributed by atoms with Gasteiger partial charge in [-0.1, -0.05) is 47.8 Å². The molecule has 2 fully saturated rings. The van der Waals surface area contributed by atoms with Gasteiger partial charge in [-0.25, -0.2) is 0 Å². The van der Waals surface area contributed by atoms with Gasteiger partial charge >= 0.3 is 0 Å². The predicted octanol–water partition coefficient (Wildman–Crippen LogP) is 5.77. The summed E-state index contributed by atoms with van der Waals surface area (Å²) in [4.78, 5) is 2.21. The van der Waals surface area contributed by atoms with Crippen molar-refractivity contribution in [3.05, 3.63) is 61.9 Å². The van der Waals surface area contributed by atoms with Gasteiger partial charge in [0.05, 0.1) is 24.0 Å². The predicted molar refractivity (Wildman–Crippen MR) is 127 cm³/mol. The smallest absolute Gasteiger partial charge is 0.0813 e. The fourth-order valence-electron chi connectivity index (χ4n) is 2.23. The molecule has 0 unspecified atom stereocenters. The van der Waals surface area contributed by atoms with Crippen LogP contribution in [0.3, 0.4) is 0 Å². The molecule has 2 aliphatic rings. The first kappa shape index (κ1) is 24.9. The average molecular weight is 592 g/mol. The number of halogens is 4. The van der Waals surface area contributed by atoms with E-state index in [0.717, 1.165) is 39.6 Å². The van der Waals surface area contributed by atoms with E-state index in [1.165, 1.54) is 5.69 Å². The van der Waals surface area contributed by atoms with Gasteiger partial charge in [0, 0.05) is 45.3 Å². The van der Waals surface area contributed by atoms with E-state index in [-0.39, 0.29) is 18.3 Å². The Morgan fingerprint density at radius 1 is 0.750 bits per heavy atom.